The molecule has 0 unspecified atom stereocenters. The van der Waals surface area contributed by atoms with E-state index in [-0.39, 0.29) is 5.91 Å². The van der Waals surface area contributed by atoms with Crippen molar-refractivity contribution in [3.63, 3.8) is 0 Å². The fourth-order valence-electron chi connectivity index (χ4n) is 3.12. The largest absolute Gasteiger partial charge is 0.336 e. The van der Waals surface area contributed by atoms with E-state index in [4.69, 9.17) is 0 Å². The van der Waals surface area contributed by atoms with Gasteiger partial charge in [0.25, 0.3) is 5.91 Å². The molecule has 1 aliphatic heterocycles. The molecule has 1 amide bonds. The molecule has 2 aromatic rings. The van der Waals surface area contributed by atoms with Crippen LogP contribution in [0.3, 0.4) is 0 Å². The summed E-state index contributed by atoms with van der Waals surface area (Å²) in [6.07, 6.45) is 0. The summed E-state index contributed by atoms with van der Waals surface area (Å²) < 4.78 is 1.10. The predicted molar refractivity (Wildman–Crippen MR) is 110 cm³/mol. The highest BCUT2D eigenvalue weighted by Gasteiger charge is 2.22. The highest BCUT2D eigenvalue weighted by Crippen LogP contribution is 2.26. The first-order chi connectivity index (χ1) is 12.5. The smallest absolute Gasteiger partial charge is 0.253 e. The number of amides is 1. The molecular weight excluding hydrogens is 362 g/mol. The van der Waals surface area contributed by atoms with Crippen molar-refractivity contribution >= 4 is 29.0 Å². The summed E-state index contributed by atoms with van der Waals surface area (Å²) in [7, 11) is 0. The first-order valence-corrected chi connectivity index (χ1v) is 11.0. The molecule has 0 spiro atoms. The number of carbonyl (C=O) groups excluding carboxylic acids is 1. The number of rotatable bonds is 6. The van der Waals surface area contributed by atoms with E-state index in [9.17, 15) is 4.79 Å². The van der Waals surface area contributed by atoms with Gasteiger partial charge in [0.1, 0.15) is 4.34 Å². The summed E-state index contributed by atoms with van der Waals surface area (Å²) in [5.41, 5.74) is 3.09. The summed E-state index contributed by atoms with van der Waals surface area (Å²) >= 11 is 3.43. The highest BCUT2D eigenvalue weighted by atomic mass is 32.2. The molecule has 6 heteroatoms. The van der Waals surface area contributed by atoms with Crippen molar-refractivity contribution in [3.8, 4) is 0 Å². The molecule has 1 fully saturated rings. The van der Waals surface area contributed by atoms with E-state index >= 15 is 0 Å². The van der Waals surface area contributed by atoms with Crippen LogP contribution in [0, 0.1) is 12.8 Å². The zero-order valence-electron chi connectivity index (χ0n) is 15.8. The minimum absolute atomic E-state index is 0.156. The van der Waals surface area contributed by atoms with Crippen molar-refractivity contribution in [2.75, 3.05) is 32.7 Å². The monoisotopic (exact) mass is 389 g/mol. The maximum atomic E-state index is 12.7. The Morgan fingerprint density at radius 3 is 2.46 bits per heavy atom. The fourth-order valence-corrected chi connectivity index (χ4v) is 4.92. The molecule has 3 rings (SSSR count). The number of thiazole rings is 1. The van der Waals surface area contributed by atoms with Gasteiger partial charge in [-0.15, -0.1) is 11.3 Å². The standard InChI is InChI=1S/C20H27N3OS2/c1-15(2)12-22-8-10-23(11-9-22)19(24)18-6-4-17(5-7-18)14-26-20-21-16(3)13-25-20/h4-7,13,15H,8-12,14H2,1-3H3. The van der Waals surface area contributed by atoms with E-state index in [1.165, 1.54) is 5.56 Å². The van der Waals surface area contributed by atoms with E-state index in [0.717, 1.165) is 54.1 Å². The van der Waals surface area contributed by atoms with Crippen molar-refractivity contribution in [1.29, 1.82) is 0 Å². The number of aryl methyl sites for hydroxylation is 1. The van der Waals surface area contributed by atoms with Crippen LogP contribution >= 0.6 is 23.1 Å². The number of nitrogens with zero attached hydrogens (tertiary/aromatic N) is 3. The van der Waals surface area contributed by atoms with Crippen molar-refractivity contribution in [1.82, 2.24) is 14.8 Å². The van der Waals surface area contributed by atoms with Crippen LogP contribution in [0.5, 0.6) is 0 Å². The maximum absolute atomic E-state index is 12.7. The molecule has 1 saturated heterocycles. The lowest BCUT2D eigenvalue weighted by Gasteiger charge is -2.35. The summed E-state index contributed by atoms with van der Waals surface area (Å²) in [5.74, 6) is 1.72. The van der Waals surface area contributed by atoms with Crippen LogP contribution in [0.4, 0.5) is 0 Å². The van der Waals surface area contributed by atoms with E-state index in [1.54, 1.807) is 23.1 Å². The van der Waals surface area contributed by atoms with Crippen LogP contribution in [0.1, 0.15) is 35.5 Å². The topological polar surface area (TPSA) is 36.4 Å². The molecule has 1 aromatic heterocycles. The van der Waals surface area contributed by atoms with E-state index < -0.39 is 0 Å². The molecule has 1 aromatic carbocycles. The number of thioether (sulfide) groups is 1. The third-order valence-corrected chi connectivity index (χ3v) is 6.65. The molecule has 140 valence electrons. The van der Waals surface area contributed by atoms with Gasteiger partial charge < -0.3 is 4.90 Å². The first kappa shape index (κ1) is 19.4. The highest BCUT2D eigenvalue weighted by molar-refractivity contribution is 8.00. The average Bonchev–Trinajstić information content (AvgIpc) is 3.05. The lowest BCUT2D eigenvalue weighted by atomic mass is 10.1. The lowest BCUT2D eigenvalue weighted by molar-refractivity contribution is 0.0624. The Balaban J connectivity index is 1.51. The molecule has 0 bridgehead atoms. The molecule has 26 heavy (non-hydrogen) atoms. The Hall–Kier alpha value is -1.37. The first-order valence-electron chi connectivity index (χ1n) is 9.17. The number of benzene rings is 1. The summed E-state index contributed by atoms with van der Waals surface area (Å²) in [6, 6.07) is 8.06. The van der Waals surface area contributed by atoms with Gasteiger partial charge in [-0.1, -0.05) is 37.7 Å². The van der Waals surface area contributed by atoms with E-state index in [0.29, 0.717) is 5.92 Å². The van der Waals surface area contributed by atoms with Crippen molar-refractivity contribution < 1.29 is 4.79 Å². The molecule has 0 aliphatic carbocycles. The Morgan fingerprint density at radius 2 is 1.88 bits per heavy atom. The van der Waals surface area contributed by atoms with Gasteiger partial charge in [-0.2, -0.15) is 0 Å². The van der Waals surface area contributed by atoms with Gasteiger partial charge in [-0.05, 0) is 30.5 Å². The molecule has 0 radical (unpaired) electrons. The van der Waals surface area contributed by atoms with Crippen LogP contribution in [0.25, 0.3) is 0 Å². The minimum Gasteiger partial charge on any atom is -0.336 e. The average molecular weight is 390 g/mol. The number of hydrogen-bond acceptors (Lipinski definition) is 5. The molecule has 0 N–H and O–H groups in total. The fraction of sp³-hybridized carbons (Fsp3) is 0.500. The minimum atomic E-state index is 0.156. The second kappa shape index (κ2) is 9.02. The molecule has 2 heterocycles. The molecular formula is C20H27N3OS2. The van der Waals surface area contributed by atoms with Crippen molar-refractivity contribution in [2.45, 2.75) is 30.9 Å². The van der Waals surface area contributed by atoms with Crippen molar-refractivity contribution in [2.24, 2.45) is 5.92 Å². The predicted octanol–water partition coefficient (Wildman–Crippen LogP) is 4.16. The van der Waals surface area contributed by atoms with Gasteiger partial charge >= 0.3 is 0 Å². The Kier molecular flexibility index (Phi) is 6.73. The second-order valence-corrected chi connectivity index (χ2v) is 9.31. The van der Waals surface area contributed by atoms with E-state index in [2.05, 4.69) is 41.2 Å². The summed E-state index contributed by atoms with van der Waals surface area (Å²) in [4.78, 5) is 21.6. The van der Waals surface area contributed by atoms with E-state index in [1.807, 2.05) is 24.0 Å². The van der Waals surface area contributed by atoms with Crippen LogP contribution in [-0.4, -0.2) is 53.4 Å². The Labute approximate surface area is 164 Å². The zero-order valence-corrected chi connectivity index (χ0v) is 17.4. The number of carbonyl (C=O) groups is 1. The third kappa shape index (κ3) is 5.32. The SMILES string of the molecule is Cc1csc(SCc2ccc(C(=O)N3CCN(CC(C)C)CC3)cc2)n1. The Morgan fingerprint density at radius 1 is 1.19 bits per heavy atom. The summed E-state index contributed by atoms with van der Waals surface area (Å²) in [5, 5.41) is 2.07. The van der Waals surface area contributed by atoms with Gasteiger partial charge in [0.2, 0.25) is 0 Å². The van der Waals surface area contributed by atoms with Gasteiger partial charge in [0, 0.05) is 55.1 Å². The number of aromatic nitrogens is 1. The Bertz CT molecular complexity index is 719. The van der Waals surface area contributed by atoms with Gasteiger partial charge in [0.15, 0.2) is 0 Å². The quantitative estimate of drug-likeness (QED) is 0.695. The molecule has 1 aliphatic rings. The molecule has 0 atom stereocenters. The number of hydrogen-bond donors (Lipinski definition) is 0. The third-order valence-electron chi connectivity index (χ3n) is 4.44. The van der Waals surface area contributed by atoms with Crippen LogP contribution in [0.2, 0.25) is 0 Å². The van der Waals surface area contributed by atoms with Gasteiger partial charge in [-0.3, -0.25) is 9.69 Å². The van der Waals surface area contributed by atoms with Crippen LogP contribution in [0.15, 0.2) is 34.0 Å². The zero-order chi connectivity index (χ0) is 18.5. The second-order valence-electron chi connectivity index (χ2n) is 7.23. The molecule has 0 saturated carbocycles. The van der Waals surface area contributed by atoms with Crippen LogP contribution in [-0.2, 0) is 5.75 Å². The number of piperazine rings is 1. The molecule has 4 nitrogen and oxygen atoms in total. The van der Waals surface area contributed by atoms with Crippen molar-refractivity contribution in [3.05, 3.63) is 46.5 Å². The summed E-state index contributed by atoms with van der Waals surface area (Å²) in [6.45, 7) is 11.2. The normalized spacial score (nSPS) is 15.6. The van der Waals surface area contributed by atoms with Gasteiger partial charge in [-0.25, -0.2) is 4.98 Å². The lowest BCUT2D eigenvalue weighted by Crippen LogP contribution is -2.49. The van der Waals surface area contributed by atoms with Gasteiger partial charge in [0.05, 0.1) is 0 Å². The maximum Gasteiger partial charge on any atom is 0.253 e. The van der Waals surface area contributed by atoms with Crippen LogP contribution < -0.4 is 0 Å².